The van der Waals surface area contributed by atoms with Gasteiger partial charge < -0.3 is 10.1 Å². The molecule has 0 aliphatic heterocycles. The molecular weight excluding hydrogens is 323 g/mol. The van der Waals surface area contributed by atoms with Crippen LogP contribution in [-0.4, -0.2) is 28.5 Å². The number of halogens is 1. The third-order valence-electron chi connectivity index (χ3n) is 3.06. The first-order chi connectivity index (χ1) is 10.9. The van der Waals surface area contributed by atoms with Crippen LogP contribution >= 0.6 is 0 Å². The summed E-state index contributed by atoms with van der Waals surface area (Å²) in [5.74, 6) is -0.652. The Morgan fingerprint density at radius 3 is 2.35 bits per heavy atom. The molecule has 122 valence electrons. The number of hydrogen-bond donors (Lipinski definition) is 2. The topological polar surface area (TPSA) is 84.5 Å². The number of carbonyl (C=O) groups excluding carboxylic acids is 1. The largest absolute Gasteiger partial charge is 0.495 e. The van der Waals surface area contributed by atoms with Crippen LogP contribution in [-0.2, 0) is 10.0 Å². The van der Waals surface area contributed by atoms with Gasteiger partial charge in [-0.25, -0.2) is 12.8 Å². The van der Waals surface area contributed by atoms with E-state index < -0.39 is 15.8 Å². The van der Waals surface area contributed by atoms with Crippen LogP contribution in [0.4, 0.5) is 10.1 Å². The molecule has 2 rings (SSSR count). The lowest BCUT2D eigenvalue weighted by Crippen LogP contribution is -2.19. The minimum atomic E-state index is -3.94. The SMILES string of the molecule is CNC(=O)c1ccc(OC)c(NS(=O)(=O)c2ccc(F)cc2)c1. The Bertz CT molecular complexity index is 820. The van der Waals surface area contributed by atoms with Crippen LogP contribution in [0.25, 0.3) is 0 Å². The molecule has 0 saturated carbocycles. The zero-order valence-corrected chi connectivity index (χ0v) is 13.3. The Morgan fingerprint density at radius 1 is 1.13 bits per heavy atom. The fourth-order valence-electron chi connectivity index (χ4n) is 1.89. The van der Waals surface area contributed by atoms with Gasteiger partial charge in [-0.1, -0.05) is 0 Å². The summed E-state index contributed by atoms with van der Waals surface area (Å²) in [5.41, 5.74) is 0.378. The van der Waals surface area contributed by atoms with Gasteiger partial charge in [0.25, 0.3) is 15.9 Å². The van der Waals surface area contributed by atoms with Gasteiger partial charge in [0.15, 0.2) is 0 Å². The Labute approximate surface area is 133 Å². The highest BCUT2D eigenvalue weighted by Crippen LogP contribution is 2.28. The summed E-state index contributed by atoms with van der Waals surface area (Å²) in [4.78, 5) is 11.6. The summed E-state index contributed by atoms with van der Waals surface area (Å²) in [5, 5.41) is 2.45. The lowest BCUT2D eigenvalue weighted by atomic mass is 10.2. The number of carbonyl (C=O) groups is 1. The Balaban J connectivity index is 2.41. The van der Waals surface area contributed by atoms with Crippen molar-refractivity contribution in [2.24, 2.45) is 0 Å². The number of ether oxygens (including phenoxy) is 1. The molecule has 0 unspecified atom stereocenters. The molecule has 0 saturated heterocycles. The van der Waals surface area contributed by atoms with Crippen LogP contribution in [0.1, 0.15) is 10.4 Å². The predicted molar refractivity (Wildman–Crippen MR) is 83.6 cm³/mol. The van der Waals surface area contributed by atoms with Gasteiger partial charge in [-0.05, 0) is 42.5 Å². The normalized spacial score (nSPS) is 10.9. The number of sulfonamides is 1. The van der Waals surface area contributed by atoms with Crippen molar-refractivity contribution >= 4 is 21.6 Å². The zero-order chi connectivity index (χ0) is 17.0. The molecule has 0 aliphatic rings. The first kappa shape index (κ1) is 16.8. The summed E-state index contributed by atoms with van der Waals surface area (Å²) in [6.07, 6.45) is 0. The van der Waals surface area contributed by atoms with E-state index in [4.69, 9.17) is 4.74 Å². The molecule has 0 aromatic heterocycles. The fourth-order valence-corrected chi connectivity index (χ4v) is 2.95. The van der Waals surface area contributed by atoms with Crippen molar-refractivity contribution in [2.75, 3.05) is 18.9 Å². The molecule has 8 heteroatoms. The van der Waals surface area contributed by atoms with E-state index in [9.17, 15) is 17.6 Å². The molecule has 0 aliphatic carbocycles. The van der Waals surface area contributed by atoms with Crippen molar-refractivity contribution in [2.45, 2.75) is 4.90 Å². The smallest absolute Gasteiger partial charge is 0.262 e. The van der Waals surface area contributed by atoms with E-state index in [1.807, 2.05) is 0 Å². The van der Waals surface area contributed by atoms with Gasteiger partial charge in [0.2, 0.25) is 0 Å². The van der Waals surface area contributed by atoms with Crippen LogP contribution < -0.4 is 14.8 Å². The van der Waals surface area contributed by atoms with Crippen LogP contribution in [0.5, 0.6) is 5.75 Å². The van der Waals surface area contributed by atoms with Gasteiger partial charge in [0, 0.05) is 12.6 Å². The third-order valence-corrected chi connectivity index (χ3v) is 4.44. The summed E-state index contributed by atoms with van der Waals surface area (Å²) >= 11 is 0. The van der Waals surface area contributed by atoms with E-state index in [0.717, 1.165) is 24.3 Å². The first-order valence-electron chi connectivity index (χ1n) is 6.56. The lowest BCUT2D eigenvalue weighted by Gasteiger charge is -2.13. The van der Waals surface area contributed by atoms with Crippen LogP contribution in [0.15, 0.2) is 47.4 Å². The van der Waals surface area contributed by atoms with Gasteiger partial charge >= 0.3 is 0 Å². The van der Waals surface area contributed by atoms with E-state index >= 15 is 0 Å². The second-order valence-corrected chi connectivity index (χ2v) is 6.24. The first-order valence-corrected chi connectivity index (χ1v) is 8.04. The van der Waals surface area contributed by atoms with E-state index in [1.54, 1.807) is 0 Å². The molecule has 2 aromatic rings. The lowest BCUT2D eigenvalue weighted by molar-refractivity contribution is 0.0963. The van der Waals surface area contributed by atoms with Crippen molar-refractivity contribution in [3.8, 4) is 5.75 Å². The van der Waals surface area contributed by atoms with Gasteiger partial charge in [-0.15, -0.1) is 0 Å². The van der Waals surface area contributed by atoms with Crippen LogP contribution in [0.3, 0.4) is 0 Å². The second-order valence-electron chi connectivity index (χ2n) is 4.55. The number of amides is 1. The van der Waals surface area contributed by atoms with Crippen LogP contribution in [0, 0.1) is 5.82 Å². The van der Waals surface area contributed by atoms with Crippen molar-refractivity contribution in [1.29, 1.82) is 0 Å². The fraction of sp³-hybridized carbons (Fsp3) is 0.133. The maximum absolute atomic E-state index is 12.9. The van der Waals surface area contributed by atoms with Crippen molar-refractivity contribution in [3.63, 3.8) is 0 Å². The molecule has 1 amide bonds. The number of benzene rings is 2. The number of rotatable bonds is 5. The quantitative estimate of drug-likeness (QED) is 0.873. The second kappa shape index (κ2) is 6.66. The average Bonchev–Trinajstić information content (AvgIpc) is 2.54. The van der Waals surface area contributed by atoms with E-state index in [-0.39, 0.29) is 27.8 Å². The molecule has 0 radical (unpaired) electrons. The predicted octanol–water partition coefficient (Wildman–Crippen LogP) is 1.99. The van der Waals surface area contributed by atoms with E-state index in [1.165, 1.54) is 32.4 Å². The highest BCUT2D eigenvalue weighted by atomic mass is 32.2. The van der Waals surface area contributed by atoms with Gasteiger partial charge in [0.05, 0.1) is 17.7 Å². The van der Waals surface area contributed by atoms with Crippen molar-refractivity contribution < 1.29 is 22.3 Å². The Kier molecular flexibility index (Phi) is 4.85. The number of nitrogens with one attached hydrogen (secondary N) is 2. The van der Waals surface area contributed by atoms with E-state index in [0.29, 0.717) is 0 Å². The molecule has 0 fully saturated rings. The Hall–Kier alpha value is -2.61. The number of methoxy groups -OCH3 is 1. The molecule has 0 bridgehead atoms. The molecule has 0 atom stereocenters. The van der Waals surface area contributed by atoms with E-state index in [2.05, 4.69) is 10.0 Å². The zero-order valence-electron chi connectivity index (χ0n) is 12.5. The monoisotopic (exact) mass is 338 g/mol. The van der Waals surface area contributed by atoms with Crippen LogP contribution in [0.2, 0.25) is 0 Å². The molecule has 2 aromatic carbocycles. The Morgan fingerprint density at radius 2 is 1.78 bits per heavy atom. The number of anilines is 1. The molecule has 0 heterocycles. The molecule has 6 nitrogen and oxygen atoms in total. The summed E-state index contributed by atoms with van der Waals surface area (Å²) in [7, 11) is -1.09. The minimum absolute atomic E-state index is 0.105. The van der Waals surface area contributed by atoms with Gasteiger partial charge in [0.1, 0.15) is 11.6 Å². The summed E-state index contributed by atoms with van der Waals surface area (Å²) in [6.45, 7) is 0. The highest BCUT2D eigenvalue weighted by Gasteiger charge is 2.18. The number of hydrogen-bond acceptors (Lipinski definition) is 4. The average molecular weight is 338 g/mol. The van der Waals surface area contributed by atoms with Gasteiger partial charge in [-0.2, -0.15) is 0 Å². The molecular formula is C15H15FN2O4S. The van der Waals surface area contributed by atoms with Crippen molar-refractivity contribution in [1.82, 2.24) is 5.32 Å². The minimum Gasteiger partial charge on any atom is -0.495 e. The summed E-state index contributed by atoms with van der Waals surface area (Å²) in [6, 6.07) is 8.73. The standard InChI is InChI=1S/C15H15FN2O4S/c1-17-15(19)10-3-8-14(22-2)13(9-10)18-23(20,21)12-6-4-11(16)5-7-12/h3-9,18H,1-2H3,(H,17,19). The third kappa shape index (κ3) is 3.78. The molecule has 23 heavy (non-hydrogen) atoms. The van der Waals surface area contributed by atoms with Gasteiger partial charge in [-0.3, -0.25) is 9.52 Å². The van der Waals surface area contributed by atoms with Crippen molar-refractivity contribution in [3.05, 3.63) is 53.8 Å². The molecule has 2 N–H and O–H groups in total. The maximum atomic E-state index is 12.9. The maximum Gasteiger partial charge on any atom is 0.262 e. The highest BCUT2D eigenvalue weighted by molar-refractivity contribution is 7.92. The molecule has 0 spiro atoms. The summed E-state index contributed by atoms with van der Waals surface area (Å²) < 4.78 is 45.0.